The monoisotopic (exact) mass is 389 g/mol. The van der Waals surface area contributed by atoms with Gasteiger partial charge in [0.1, 0.15) is 4.83 Å². The highest BCUT2D eigenvalue weighted by molar-refractivity contribution is 7.29. The number of benzene rings is 1. The number of carbonyl (C=O) groups is 2. The van der Waals surface area contributed by atoms with E-state index in [1.807, 2.05) is 45.0 Å². The van der Waals surface area contributed by atoms with Gasteiger partial charge in [0.15, 0.2) is 5.13 Å². The average Bonchev–Trinajstić information content (AvgIpc) is 3.16. The summed E-state index contributed by atoms with van der Waals surface area (Å²) in [5.41, 5.74) is 2.77. The minimum absolute atomic E-state index is 0.217. The maximum atomic E-state index is 12.6. The van der Waals surface area contributed by atoms with Gasteiger partial charge in [-0.3, -0.25) is 4.79 Å². The molecule has 8 heteroatoms. The number of nitrogens with one attached hydrogen (secondary N) is 1. The topological polar surface area (TPSA) is 71.5 Å². The molecule has 0 aliphatic heterocycles. The number of hydrogen-bond donors (Lipinski definition) is 1. The third kappa shape index (κ3) is 3.42. The minimum atomic E-state index is -0.418. The molecule has 0 atom stereocenters. The fourth-order valence-electron chi connectivity index (χ4n) is 2.47. The molecule has 0 aliphatic rings. The lowest BCUT2D eigenvalue weighted by molar-refractivity contribution is 0.0599. The molecule has 0 radical (unpaired) electrons. The van der Waals surface area contributed by atoms with Crippen molar-refractivity contribution in [2.24, 2.45) is 0 Å². The third-order valence-electron chi connectivity index (χ3n) is 4.01. The Kier molecular flexibility index (Phi) is 4.97. The zero-order valence-electron chi connectivity index (χ0n) is 15.2. The first-order valence-electron chi connectivity index (χ1n) is 7.88. The molecular formula is C18H19N3O3S2. The Morgan fingerprint density at radius 1 is 1.15 bits per heavy atom. The van der Waals surface area contributed by atoms with Crippen molar-refractivity contribution in [3.05, 3.63) is 39.8 Å². The van der Waals surface area contributed by atoms with Gasteiger partial charge in [0.05, 0.1) is 22.3 Å². The zero-order chi connectivity index (χ0) is 19.0. The highest BCUT2D eigenvalue weighted by Gasteiger charge is 2.17. The maximum absolute atomic E-state index is 12.6. The molecule has 0 saturated carbocycles. The summed E-state index contributed by atoms with van der Waals surface area (Å²) in [5, 5.41) is 3.78. The van der Waals surface area contributed by atoms with Crippen LogP contribution >= 0.6 is 22.7 Å². The first kappa shape index (κ1) is 18.3. The number of anilines is 2. The Balaban J connectivity index is 1.86. The van der Waals surface area contributed by atoms with Crippen LogP contribution in [0.4, 0.5) is 10.8 Å². The molecule has 0 fully saturated rings. The Hall–Kier alpha value is -2.45. The second-order valence-corrected chi connectivity index (χ2v) is 8.12. The van der Waals surface area contributed by atoms with Crippen LogP contribution in [0.25, 0.3) is 9.53 Å². The number of nitrogens with zero attached hydrogens (tertiary/aromatic N) is 2. The second kappa shape index (κ2) is 7.05. The van der Waals surface area contributed by atoms with E-state index in [-0.39, 0.29) is 5.91 Å². The Bertz CT molecular complexity index is 973. The molecule has 0 spiro atoms. The van der Waals surface area contributed by atoms with Gasteiger partial charge in [0.25, 0.3) is 5.91 Å². The fourth-order valence-corrected chi connectivity index (χ4v) is 4.50. The SMILES string of the molecule is COC(=O)c1cc(NC(=O)c2cc3sc(N(C)C)nc3s2)cc(C)c1C. The molecule has 1 aromatic carbocycles. The minimum Gasteiger partial charge on any atom is -0.465 e. The van der Waals surface area contributed by atoms with Crippen molar-refractivity contribution in [1.29, 1.82) is 0 Å². The highest BCUT2D eigenvalue weighted by atomic mass is 32.1. The summed E-state index contributed by atoms with van der Waals surface area (Å²) in [5.74, 6) is -0.635. The maximum Gasteiger partial charge on any atom is 0.338 e. The zero-order valence-corrected chi connectivity index (χ0v) is 16.8. The van der Waals surface area contributed by atoms with Crippen molar-refractivity contribution < 1.29 is 14.3 Å². The van der Waals surface area contributed by atoms with Crippen LogP contribution in [-0.4, -0.2) is 38.1 Å². The first-order chi connectivity index (χ1) is 12.3. The number of aromatic nitrogens is 1. The number of ether oxygens (including phenoxy) is 1. The van der Waals surface area contributed by atoms with Crippen molar-refractivity contribution in [1.82, 2.24) is 4.98 Å². The van der Waals surface area contributed by atoms with E-state index in [1.54, 1.807) is 17.4 Å². The Morgan fingerprint density at radius 2 is 1.88 bits per heavy atom. The number of amides is 1. The van der Waals surface area contributed by atoms with E-state index < -0.39 is 5.97 Å². The highest BCUT2D eigenvalue weighted by Crippen LogP contribution is 2.34. The predicted octanol–water partition coefficient (Wildman–Crippen LogP) is 4.08. The van der Waals surface area contributed by atoms with Crippen LogP contribution in [0.1, 0.15) is 31.2 Å². The van der Waals surface area contributed by atoms with Crippen molar-refractivity contribution in [2.75, 3.05) is 31.4 Å². The molecule has 6 nitrogen and oxygen atoms in total. The molecule has 2 aromatic heterocycles. The Morgan fingerprint density at radius 3 is 2.50 bits per heavy atom. The average molecular weight is 390 g/mol. The molecule has 0 unspecified atom stereocenters. The number of esters is 1. The van der Waals surface area contributed by atoms with E-state index >= 15 is 0 Å². The van der Waals surface area contributed by atoms with E-state index in [9.17, 15) is 9.59 Å². The molecule has 0 saturated heterocycles. The summed E-state index contributed by atoms with van der Waals surface area (Å²) < 4.78 is 5.80. The molecular weight excluding hydrogens is 370 g/mol. The van der Waals surface area contributed by atoms with Gasteiger partial charge >= 0.3 is 5.97 Å². The number of rotatable bonds is 4. The number of fused-ring (bicyclic) bond motifs is 1. The van der Waals surface area contributed by atoms with E-state index in [4.69, 9.17) is 4.74 Å². The summed E-state index contributed by atoms with van der Waals surface area (Å²) in [6.07, 6.45) is 0. The first-order valence-corrected chi connectivity index (χ1v) is 9.52. The van der Waals surface area contributed by atoms with Crippen LogP contribution in [0, 0.1) is 13.8 Å². The quantitative estimate of drug-likeness (QED) is 0.681. The molecule has 3 aromatic rings. The van der Waals surface area contributed by atoms with Crippen LogP contribution in [0.15, 0.2) is 18.2 Å². The molecule has 2 heterocycles. The summed E-state index contributed by atoms with van der Waals surface area (Å²) in [6, 6.07) is 5.34. The van der Waals surface area contributed by atoms with Gasteiger partial charge < -0.3 is 15.0 Å². The summed E-state index contributed by atoms with van der Waals surface area (Å²) >= 11 is 2.90. The van der Waals surface area contributed by atoms with Gasteiger partial charge in [-0.2, -0.15) is 0 Å². The summed E-state index contributed by atoms with van der Waals surface area (Å²) in [6.45, 7) is 3.75. The standard InChI is InChI=1S/C18H19N3O3S2/c1-9-6-11(7-12(10(9)2)17(23)24-5)19-15(22)13-8-14-16(25-13)20-18(26-14)21(3)4/h6-8H,1-5H3,(H,19,22). The number of thiazole rings is 1. The van der Waals surface area contributed by atoms with Gasteiger partial charge in [-0.25, -0.2) is 9.78 Å². The van der Waals surface area contributed by atoms with E-state index in [2.05, 4.69) is 10.3 Å². The van der Waals surface area contributed by atoms with Crippen molar-refractivity contribution in [2.45, 2.75) is 13.8 Å². The molecule has 136 valence electrons. The van der Waals surface area contributed by atoms with Crippen LogP contribution < -0.4 is 10.2 Å². The number of hydrogen-bond acceptors (Lipinski definition) is 7. The molecule has 0 aliphatic carbocycles. The summed E-state index contributed by atoms with van der Waals surface area (Å²) in [4.78, 5) is 32.4. The molecule has 3 rings (SSSR count). The van der Waals surface area contributed by atoms with Gasteiger partial charge in [-0.05, 0) is 43.2 Å². The lowest BCUT2D eigenvalue weighted by Crippen LogP contribution is -2.12. The van der Waals surface area contributed by atoms with Gasteiger partial charge in [0, 0.05) is 19.8 Å². The lowest BCUT2D eigenvalue weighted by atomic mass is 10.0. The number of aryl methyl sites for hydroxylation is 1. The number of carbonyl (C=O) groups excluding carboxylic acids is 2. The van der Waals surface area contributed by atoms with Crippen LogP contribution in [-0.2, 0) is 4.74 Å². The van der Waals surface area contributed by atoms with Gasteiger partial charge in [-0.15, -0.1) is 11.3 Å². The molecule has 26 heavy (non-hydrogen) atoms. The van der Waals surface area contributed by atoms with E-state index in [0.29, 0.717) is 16.1 Å². The van der Waals surface area contributed by atoms with Crippen LogP contribution in [0.5, 0.6) is 0 Å². The van der Waals surface area contributed by atoms with Crippen LogP contribution in [0.3, 0.4) is 0 Å². The van der Waals surface area contributed by atoms with Gasteiger partial charge in [-0.1, -0.05) is 11.3 Å². The largest absolute Gasteiger partial charge is 0.465 e. The van der Waals surface area contributed by atoms with E-state index in [0.717, 1.165) is 25.8 Å². The molecule has 1 N–H and O–H groups in total. The molecule has 1 amide bonds. The third-order valence-corrected chi connectivity index (χ3v) is 6.34. The van der Waals surface area contributed by atoms with Gasteiger partial charge in [0.2, 0.25) is 0 Å². The van der Waals surface area contributed by atoms with Crippen molar-refractivity contribution in [3.63, 3.8) is 0 Å². The molecule has 0 bridgehead atoms. The predicted molar refractivity (Wildman–Crippen MR) is 107 cm³/mol. The second-order valence-electron chi connectivity index (χ2n) is 6.08. The van der Waals surface area contributed by atoms with E-state index in [1.165, 1.54) is 18.4 Å². The number of thiophene rings is 1. The van der Waals surface area contributed by atoms with Crippen molar-refractivity contribution in [3.8, 4) is 0 Å². The lowest BCUT2D eigenvalue weighted by Gasteiger charge is -2.11. The Labute approximate surface area is 159 Å². The fraction of sp³-hybridized carbons (Fsp3) is 0.278. The summed E-state index contributed by atoms with van der Waals surface area (Å²) in [7, 11) is 5.22. The number of methoxy groups -OCH3 is 1. The van der Waals surface area contributed by atoms with Crippen molar-refractivity contribution >= 4 is 54.9 Å². The smallest absolute Gasteiger partial charge is 0.338 e. The van der Waals surface area contributed by atoms with Crippen LogP contribution in [0.2, 0.25) is 0 Å². The normalized spacial score (nSPS) is 10.8.